The first-order valence-electron chi connectivity index (χ1n) is 5.47. The van der Waals surface area contributed by atoms with Crippen molar-refractivity contribution in [2.24, 2.45) is 0 Å². The van der Waals surface area contributed by atoms with Crippen molar-refractivity contribution >= 4 is 0 Å². The molecule has 0 radical (unpaired) electrons. The first-order valence-corrected chi connectivity index (χ1v) is 5.47. The van der Waals surface area contributed by atoms with Crippen LogP contribution in [0.5, 0.6) is 0 Å². The van der Waals surface area contributed by atoms with Gasteiger partial charge in [-0.1, -0.05) is 20.8 Å². The van der Waals surface area contributed by atoms with E-state index < -0.39 is 0 Å². The highest BCUT2D eigenvalue weighted by Crippen LogP contribution is 2.10. The summed E-state index contributed by atoms with van der Waals surface area (Å²) in [5, 5.41) is 3.39. The summed E-state index contributed by atoms with van der Waals surface area (Å²) in [5.41, 5.74) is 0. The first-order chi connectivity index (χ1) is 6.75. The third-order valence-corrected chi connectivity index (χ3v) is 2.22. The van der Waals surface area contributed by atoms with Gasteiger partial charge in [-0.05, 0) is 13.0 Å². The van der Waals surface area contributed by atoms with Crippen LogP contribution in [0.1, 0.15) is 38.9 Å². The second-order valence-electron chi connectivity index (χ2n) is 3.88. The van der Waals surface area contributed by atoms with E-state index in [1.165, 1.54) is 12.2 Å². The molecule has 14 heavy (non-hydrogen) atoms. The molecular weight excluding hydrogens is 174 g/mol. The van der Waals surface area contributed by atoms with E-state index in [9.17, 15) is 0 Å². The number of rotatable bonds is 6. The van der Waals surface area contributed by atoms with Crippen molar-refractivity contribution in [1.82, 2.24) is 14.9 Å². The number of nitrogens with zero attached hydrogens (tertiary/aromatic N) is 2. The molecule has 0 aliphatic rings. The van der Waals surface area contributed by atoms with Gasteiger partial charge in [0.25, 0.3) is 0 Å². The third-order valence-electron chi connectivity index (χ3n) is 2.22. The number of imidazole rings is 1. The smallest absolute Gasteiger partial charge is 0.111 e. The Balaban J connectivity index is 2.38. The minimum Gasteiger partial charge on any atom is -0.333 e. The number of nitrogens with one attached hydrogen (secondary N) is 1. The third kappa shape index (κ3) is 3.14. The molecule has 0 unspecified atom stereocenters. The fourth-order valence-corrected chi connectivity index (χ4v) is 1.51. The molecule has 1 heterocycles. The van der Waals surface area contributed by atoms with Crippen molar-refractivity contribution < 1.29 is 0 Å². The fourth-order valence-electron chi connectivity index (χ4n) is 1.51. The number of hydrogen-bond donors (Lipinski definition) is 1. The van der Waals surface area contributed by atoms with Gasteiger partial charge in [0, 0.05) is 31.4 Å². The Morgan fingerprint density at radius 2 is 2.21 bits per heavy atom. The normalized spacial score (nSPS) is 11.1. The maximum atomic E-state index is 4.35. The summed E-state index contributed by atoms with van der Waals surface area (Å²) >= 11 is 0. The summed E-state index contributed by atoms with van der Waals surface area (Å²) < 4.78 is 2.23. The lowest BCUT2D eigenvalue weighted by Gasteiger charge is -2.10. The van der Waals surface area contributed by atoms with Gasteiger partial charge in [0.1, 0.15) is 5.82 Å². The van der Waals surface area contributed by atoms with E-state index in [1.54, 1.807) is 0 Å². The molecule has 0 bridgehead atoms. The maximum Gasteiger partial charge on any atom is 0.111 e. The molecule has 0 fully saturated rings. The molecule has 3 heteroatoms. The van der Waals surface area contributed by atoms with Gasteiger partial charge >= 0.3 is 0 Å². The molecule has 0 aliphatic heterocycles. The summed E-state index contributed by atoms with van der Waals surface area (Å²) in [6.45, 7) is 9.70. The van der Waals surface area contributed by atoms with E-state index >= 15 is 0 Å². The number of hydrogen-bond acceptors (Lipinski definition) is 2. The van der Waals surface area contributed by atoms with Crippen LogP contribution in [-0.2, 0) is 6.54 Å². The molecule has 0 aromatic carbocycles. The van der Waals surface area contributed by atoms with Crippen LogP contribution in [0.15, 0.2) is 12.4 Å². The van der Waals surface area contributed by atoms with Gasteiger partial charge in [-0.3, -0.25) is 0 Å². The monoisotopic (exact) mass is 195 g/mol. The molecule has 0 spiro atoms. The Bertz CT molecular complexity index is 253. The lowest BCUT2D eigenvalue weighted by atomic mass is 10.2. The second kappa shape index (κ2) is 5.81. The van der Waals surface area contributed by atoms with Crippen LogP contribution in [0.2, 0.25) is 0 Å². The van der Waals surface area contributed by atoms with Gasteiger partial charge in [0.15, 0.2) is 0 Å². The first kappa shape index (κ1) is 11.2. The topological polar surface area (TPSA) is 29.9 Å². The molecule has 1 aromatic heterocycles. The summed E-state index contributed by atoms with van der Waals surface area (Å²) in [6.07, 6.45) is 5.14. The molecule has 1 N–H and O–H groups in total. The van der Waals surface area contributed by atoms with Crippen LogP contribution in [0.4, 0.5) is 0 Å². The molecule has 0 amide bonds. The molecular formula is C11H21N3. The Labute approximate surface area is 86.5 Å². The standard InChI is InChI=1S/C11H21N3/c1-4-5-12-6-8-14-9-7-13-11(14)10(2)3/h7,9-10,12H,4-6,8H2,1-3H3. The Kier molecular flexibility index (Phi) is 4.66. The molecule has 3 nitrogen and oxygen atoms in total. The van der Waals surface area contributed by atoms with Crippen LogP contribution in [0.25, 0.3) is 0 Å². The van der Waals surface area contributed by atoms with E-state index in [-0.39, 0.29) is 0 Å². The Morgan fingerprint density at radius 1 is 1.43 bits per heavy atom. The highest BCUT2D eigenvalue weighted by atomic mass is 15.1. The summed E-state index contributed by atoms with van der Waals surface area (Å²) in [6, 6.07) is 0. The Hall–Kier alpha value is -0.830. The van der Waals surface area contributed by atoms with Crippen molar-refractivity contribution in [3.05, 3.63) is 18.2 Å². The van der Waals surface area contributed by atoms with Crippen LogP contribution >= 0.6 is 0 Å². The highest BCUT2D eigenvalue weighted by molar-refractivity contribution is 4.97. The van der Waals surface area contributed by atoms with Crippen LogP contribution < -0.4 is 5.32 Å². The van der Waals surface area contributed by atoms with Gasteiger partial charge in [-0.2, -0.15) is 0 Å². The van der Waals surface area contributed by atoms with Gasteiger partial charge in [0.05, 0.1) is 0 Å². The maximum absolute atomic E-state index is 4.35. The van der Waals surface area contributed by atoms with Crippen molar-refractivity contribution in [2.45, 2.75) is 39.7 Å². The minimum atomic E-state index is 0.510. The average Bonchev–Trinajstić information content (AvgIpc) is 2.60. The van der Waals surface area contributed by atoms with Gasteiger partial charge < -0.3 is 9.88 Å². The van der Waals surface area contributed by atoms with E-state index in [0.29, 0.717) is 5.92 Å². The average molecular weight is 195 g/mol. The lowest BCUT2D eigenvalue weighted by molar-refractivity contribution is 0.563. The van der Waals surface area contributed by atoms with Crippen LogP contribution in [-0.4, -0.2) is 22.6 Å². The summed E-state index contributed by atoms with van der Waals surface area (Å²) in [4.78, 5) is 4.35. The SMILES string of the molecule is CCCNCCn1ccnc1C(C)C. The van der Waals surface area contributed by atoms with Gasteiger partial charge in [0.2, 0.25) is 0 Å². The van der Waals surface area contributed by atoms with E-state index in [2.05, 4.69) is 41.8 Å². The predicted molar refractivity (Wildman–Crippen MR) is 59.5 cm³/mol. The largest absolute Gasteiger partial charge is 0.333 e. The van der Waals surface area contributed by atoms with Crippen LogP contribution in [0, 0.1) is 0 Å². The predicted octanol–water partition coefficient (Wildman–Crippen LogP) is 2.01. The molecule has 1 rings (SSSR count). The van der Waals surface area contributed by atoms with Crippen molar-refractivity contribution in [3.63, 3.8) is 0 Å². The second-order valence-corrected chi connectivity index (χ2v) is 3.88. The van der Waals surface area contributed by atoms with Crippen LogP contribution in [0.3, 0.4) is 0 Å². The van der Waals surface area contributed by atoms with E-state index in [1.807, 2.05) is 6.20 Å². The quantitative estimate of drug-likeness (QED) is 0.704. The lowest BCUT2D eigenvalue weighted by Crippen LogP contribution is -2.21. The highest BCUT2D eigenvalue weighted by Gasteiger charge is 2.05. The van der Waals surface area contributed by atoms with Gasteiger partial charge in [-0.25, -0.2) is 4.98 Å². The number of aromatic nitrogens is 2. The molecule has 0 saturated heterocycles. The fraction of sp³-hybridized carbons (Fsp3) is 0.727. The van der Waals surface area contributed by atoms with E-state index in [0.717, 1.165) is 19.6 Å². The molecule has 0 saturated carbocycles. The Morgan fingerprint density at radius 3 is 2.86 bits per heavy atom. The van der Waals surface area contributed by atoms with E-state index in [4.69, 9.17) is 0 Å². The molecule has 80 valence electrons. The summed E-state index contributed by atoms with van der Waals surface area (Å²) in [5.74, 6) is 1.69. The zero-order chi connectivity index (χ0) is 10.4. The molecule has 1 aromatic rings. The van der Waals surface area contributed by atoms with Crippen molar-refractivity contribution in [3.8, 4) is 0 Å². The van der Waals surface area contributed by atoms with Crippen molar-refractivity contribution in [1.29, 1.82) is 0 Å². The summed E-state index contributed by atoms with van der Waals surface area (Å²) in [7, 11) is 0. The zero-order valence-electron chi connectivity index (χ0n) is 9.45. The molecule has 0 atom stereocenters. The van der Waals surface area contributed by atoms with Crippen molar-refractivity contribution in [2.75, 3.05) is 13.1 Å². The van der Waals surface area contributed by atoms with Gasteiger partial charge in [-0.15, -0.1) is 0 Å². The zero-order valence-corrected chi connectivity index (χ0v) is 9.45. The minimum absolute atomic E-state index is 0.510. The molecule has 0 aliphatic carbocycles.